The molecule has 0 saturated carbocycles. The summed E-state index contributed by atoms with van der Waals surface area (Å²) in [6, 6.07) is 0.431. The number of aryl methyl sites for hydroxylation is 1. The van der Waals surface area contributed by atoms with E-state index in [1.54, 1.807) is 13.2 Å². The van der Waals surface area contributed by atoms with E-state index in [0.29, 0.717) is 0 Å². The largest absolute Gasteiger partial charge is 0.480 e. The Bertz CT molecular complexity index is 388. The number of amides is 1. The van der Waals surface area contributed by atoms with Crippen molar-refractivity contribution in [3.05, 3.63) is 18.0 Å². The van der Waals surface area contributed by atoms with Crippen LogP contribution in [0.25, 0.3) is 0 Å². The molecule has 0 aliphatic carbocycles. The van der Waals surface area contributed by atoms with Crippen molar-refractivity contribution in [2.45, 2.75) is 6.04 Å². The summed E-state index contributed by atoms with van der Waals surface area (Å²) in [6.45, 7) is -0.0894. The first-order chi connectivity index (χ1) is 7.54. The molecule has 0 fully saturated rings. The second kappa shape index (κ2) is 5.26. The fraction of sp³-hybridized carbons (Fsp3) is 0.444. The summed E-state index contributed by atoms with van der Waals surface area (Å²) in [6.07, 6.45) is 1.60. The molecule has 0 spiro atoms. The third-order valence-corrected chi connectivity index (χ3v) is 1.88. The minimum absolute atomic E-state index is 0.0894. The van der Waals surface area contributed by atoms with Crippen LogP contribution < -0.4 is 5.32 Å². The maximum atomic E-state index is 11.5. The molecule has 0 aromatic carbocycles. The van der Waals surface area contributed by atoms with Crippen LogP contribution in [0.5, 0.6) is 0 Å². The molecule has 7 heteroatoms. The van der Waals surface area contributed by atoms with E-state index in [2.05, 4.69) is 15.2 Å². The summed E-state index contributed by atoms with van der Waals surface area (Å²) in [5.41, 5.74) is 0.171. The third kappa shape index (κ3) is 3.06. The predicted octanol–water partition coefficient (Wildman–Crippen LogP) is -0.750. The van der Waals surface area contributed by atoms with Gasteiger partial charge in [-0.3, -0.25) is 9.48 Å². The molecule has 1 rings (SSSR count). The molecule has 1 unspecified atom stereocenters. The highest BCUT2D eigenvalue weighted by Gasteiger charge is 2.21. The van der Waals surface area contributed by atoms with E-state index < -0.39 is 17.9 Å². The van der Waals surface area contributed by atoms with Crippen LogP contribution in [-0.4, -0.2) is 46.5 Å². The number of aromatic nitrogens is 2. The normalized spacial score (nSPS) is 12.1. The molecule has 0 saturated heterocycles. The first-order valence-electron chi connectivity index (χ1n) is 4.57. The zero-order chi connectivity index (χ0) is 12.1. The van der Waals surface area contributed by atoms with Gasteiger partial charge in [0.2, 0.25) is 0 Å². The standard InChI is InChI=1S/C9H13N3O4/c1-12-4-3-6(11-12)8(13)10-7(5-16-2)9(14)15/h3-4,7H,5H2,1-2H3,(H,10,13)(H,14,15). The Morgan fingerprint density at radius 3 is 2.81 bits per heavy atom. The number of aliphatic carboxylic acids is 1. The van der Waals surface area contributed by atoms with E-state index >= 15 is 0 Å². The van der Waals surface area contributed by atoms with Gasteiger partial charge < -0.3 is 15.2 Å². The van der Waals surface area contributed by atoms with Gasteiger partial charge in [-0.05, 0) is 6.07 Å². The maximum absolute atomic E-state index is 11.5. The Labute approximate surface area is 92.0 Å². The summed E-state index contributed by atoms with van der Waals surface area (Å²) in [5.74, 6) is -1.68. The van der Waals surface area contributed by atoms with Crippen LogP contribution in [0.15, 0.2) is 12.3 Å². The summed E-state index contributed by atoms with van der Waals surface area (Å²) < 4.78 is 6.15. The van der Waals surface area contributed by atoms with Crippen molar-refractivity contribution in [1.82, 2.24) is 15.1 Å². The van der Waals surface area contributed by atoms with E-state index in [9.17, 15) is 9.59 Å². The monoisotopic (exact) mass is 227 g/mol. The highest BCUT2D eigenvalue weighted by atomic mass is 16.5. The number of hydrogen-bond acceptors (Lipinski definition) is 4. The van der Waals surface area contributed by atoms with Gasteiger partial charge in [-0.2, -0.15) is 5.10 Å². The Morgan fingerprint density at radius 2 is 2.38 bits per heavy atom. The highest BCUT2D eigenvalue weighted by molar-refractivity contribution is 5.94. The molecule has 1 amide bonds. The molecular weight excluding hydrogens is 214 g/mol. The number of methoxy groups -OCH3 is 1. The number of nitrogens with one attached hydrogen (secondary N) is 1. The topological polar surface area (TPSA) is 93.5 Å². The maximum Gasteiger partial charge on any atom is 0.328 e. The van der Waals surface area contributed by atoms with Gasteiger partial charge in [0, 0.05) is 20.4 Å². The van der Waals surface area contributed by atoms with Crippen LogP contribution in [0.1, 0.15) is 10.5 Å². The van der Waals surface area contributed by atoms with Crippen molar-refractivity contribution >= 4 is 11.9 Å². The van der Waals surface area contributed by atoms with Crippen molar-refractivity contribution in [2.24, 2.45) is 7.05 Å². The lowest BCUT2D eigenvalue weighted by Crippen LogP contribution is -2.43. The van der Waals surface area contributed by atoms with Crippen molar-refractivity contribution in [2.75, 3.05) is 13.7 Å². The lowest BCUT2D eigenvalue weighted by atomic mass is 10.3. The Balaban J connectivity index is 2.65. The van der Waals surface area contributed by atoms with Gasteiger partial charge in [0.1, 0.15) is 5.69 Å². The van der Waals surface area contributed by atoms with Crippen molar-refractivity contribution in [1.29, 1.82) is 0 Å². The average molecular weight is 227 g/mol. The molecule has 0 radical (unpaired) electrons. The number of nitrogens with zero attached hydrogens (tertiary/aromatic N) is 2. The summed E-state index contributed by atoms with van der Waals surface area (Å²) in [5, 5.41) is 14.9. The highest BCUT2D eigenvalue weighted by Crippen LogP contribution is 1.95. The average Bonchev–Trinajstić information content (AvgIpc) is 2.64. The number of rotatable bonds is 5. The minimum atomic E-state index is -1.15. The molecular formula is C9H13N3O4. The van der Waals surface area contributed by atoms with Crippen LogP contribution >= 0.6 is 0 Å². The second-order valence-corrected chi connectivity index (χ2v) is 3.19. The van der Waals surface area contributed by atoms with E-state index in [1.165, 1.54) is 17.9 Å². The molecule has 2 N–H and O–H groups in total. The van der Waals surface area contributed by atoms with Gasteiger partial charge in [0.25, 0.3) is 5.91 Å². The smallest absolute Gasteiger partial charge is 0.328 e. The molecule has 0 bridgehead atoms. The summed E-state index contributed by atoms with van der Waals surface area (Å²) in [7, 11) is 3.03. The van der Waals surface area contributed by atoms with Gasteiger partial charge in [-0.1, -0.05) is 0 Å². The van der Waals surface area contributed by atoms with Crippen molar-refractivity contribution < 1.29 is 19.4 Å². The van der Waals surface area contributed by atoms with Crippen molar-refractivity contribution in [3.63, 3.8) is 0 Å². The summed E-state index contributed by atoms with van der Waals surface area (Å²) >= 11 is 0. The quantitative estimate of drug-likeness (QED) is 0.690. The van der Waals surface area contributed by atoms with E-state index in [0.717, 1.165) is 0 Å². The Morgan fingerprint density at radius 1 is 1.69 bits per heavy atom. The van der Waals surface area contributed by atoms with Crippen LogP contribution in [0.3, 0.4) is 0 Å². The number of carboxylic acids is 1. The molecule has 7 nitrogen and oxygen atoms in total. The third-order valence-electron chi connectivity index (χ3n) is 1.88. The zero-order valence-corrected chi connectivity index (χ0v) is 9.01. The molecule has 1 atom stereocenters. The first-order valence-corrected chi connectivity index (χ1v) is 4.57. The number of carbonyl (C=O) groups is 2. The first kappa shape index (κ1) is 12.2. The van der Waals surface area contributed by atoms with Crippen LogP contribution in [-0.2, 0) is 16.6 Å². The number of hydrogen-bond donors (Lipinski definition) is 2. The molecule has 16 heavy (non-hydrogen) atoms. The molecule has 1 aromatic rings. The Hall–Kier alpha value is -1.89. The molecule has 88 valence electrons. The predicted molar refractivity (Wildman–Crippen MR) is 54.0 cm³/mol. The van der Waals surface area contributed by atoms with Crippen LogP contribution in [0, 0.1) is 0 Å². The minimum Gasteiger partial charge on any atom is -0.480 e. The lowest BCUT2D eigenvalue weighted by Gasteiger charge is -2.12. The summed E-state index contributed by atoms with van der Waals surface area (Å²) in [4.78, 5) is 22.3. The molecule has 1 aromatic heterocycles. The Kier molecular flexibility index (Phi) is 4.01. The van der Waals surface area contributed by atoms with E-state index in [-0.39, 0.29) is 12.3 Å². The molecule has 0 aliphatic heterocycles. The number of carbonyl (C=O) groups excluding carboxylic acids is 1. The number of ether oxygens (including phenoxy) is 1. The zero-order valence-electron chi connectivity index (χ0n) is 9.01. The van der Waals surface area contributed by atoms with Gasteiger partial charge in [-0.25, -0.2) is 4.79 Å². The van der Waals surface area contributed by atoms with Gasteiger partial charge >= 0.3 is 5.97 Å². The fourth-order valence-electron chi connectivity index (χ4n) is 1.11. The number of carboxylic acid groups (broad SMARTS) is 1. The molecule has 0 aliphatic rings. The fourth-order valence-corrected chi connectivity index (χ4v) is 1.11. The SMILES string of the molecule is COCC(NC(=O)c1ccn(C)n1)C(=O)O. The molecule has 1 heterocycles. The van der Waals surface area contributed by atoms with E-state index in [1.807, 2.05) is 0 Å². The van der Waals surface area contributed by atoms with Gasteiger partial charge in [0.15, 0.2) is 6.04 Å². The van der Waals surface area contributed by atoms with Gasteiger partial charge in [0.05, 0.1) is 6.61 Å². The van der Waals surface area contributed by atoms with E-state index in [4.69, 9.17) is 5.11 Å². The van der Waals surface area contributed by atoms with Crippen LogP contribution in [0.2, 0.25) is 0 Å². The lowest BCUT2D eigenvalue weighted by molar-refractivity contribution is -0.140. The second-order valence-electron chi connectivity index (χ2n) is 3.19. The van der Waals surface area contributed by atoms with Crippen LogP contribution in [0.4, 0.5) is 0 Å². The van der Waals surface area contributed by atoms with Gasteiger partial charge in [-0.15, -0.1) is 0 Å². The van der Waals surface area contributed by atoms with Crippen molar-refractivity contribution in [3.8, 4) is 0 Å².